The van der Waals surface area contributed by atoms with Crippen LogP contribution in [0.4, 0.5) is 0 Å². The quantitative estimate of drug-likeness (QED) is 0.165. The monoisotopic (exact) mass is 526 g/mol. The molecule has 0 atom stereocenters. The Hall–Kier alpha value is -2.94. The van der Waals surface area contributed by atoms with Gasteiger partial charge in [-0.2, -0.15) is 5.10 Å². The van der Waals surface area contributed by atoms with Crippen molar-refractivity contribution in [2.75, 3.05) is 5.75 Å². The molecule has 0 aliphatic carbocycles. The van der Waals surface area contributed by atoms with Crippen molar-refractivity contribution in [2.24, 2.45) is 5.10 Å². The molecule has 0 aliphatic heterocycles. The highest BCUT2D eigenvalue weighted by Crippen LogP contribution is 2.22. The summed E-state index contributed by atoms with van der Waals surface area (Å²) in [4.78, 5) is 30.1. The summed E-state index contributed by atoms with van der Waals surface area (Å²) < 4.78 is 2.45. The lowest BCUT2D eigenvalue weighted by Crippen LogP contribution is -2.24. The van der Waals surface area contributed by atoms with Gasteiger partial charge >= 0.3 is 0 Å². The number of thioether (sulfide) groups is 1. The van der Waals surface area contributed by atoms with Crippen molar-refractivity contribution in [1.29, 1.82) is 0 Å². The average Bonchev–Trinajstić information content (AvgIpc) is 2.80. The summed E-state index contributed by atoms with van der Waals surface area (Å²) in [5.74, 6) is -0.274. The first-order valence-electron chi connectivity index (χ1n) is 9.49. The van der Waals surface area contributed by atoms with Crippen LogP contribution in [0.2, 0.25) is 5.02 Å². The van der Waals surface area contributed by atoms with Crippen LogP contribution in [0.15, 0.2) is 92.3 Å². The molecule has 0 unspecified atom stereocenters. The van der Waals surface area contributed by atoms with E-state index in [9.17, 15) is 9.59 Å². The Morgan fingerprint density at radius 1 is 1.09 bits per heavy atom. The summed E-state index contributed by atoms with van der Waals surface area (Å²) in [6, 6.07) is 21.5. The van der Waals surface area contributed by atoms with E-state index in [-0.39, 0.29) is 17.2 Å². The second-order valence-corrected chi connectivity index (χ2v) is 8.96. The van der Waals surface area contributed by atoms with E-state index >= 15 is 0 Å². The Balaban J connectivity index is 1.56. The molecular formula is C23H16BrClN4O2S. The number of rotatable bonds is 6. The average molecular weight is 528 g/mol. The number of nitrogens with zero attached hydrogens (tertiary/aromatic N) is 3. The van der Waals surface area contributed by atoms with Crippen LogP contribution in [0, 0.1) is 0 Å². The number of para-hydroxylation sites is 1. The summed E-state index contributed by atoms with van der Waals surface area (Å²) in [6.45, 7) is 0. The summed E-state index contributed by atoms with van der Waals surface area (Å²) in [5, 5.41) is 5.45. The molecule has 160 valence electrons. The van der Waals surface area contributed by atoms with Crippen molar-refractivity contribution in [3.63, 3.8) is 0 Å². The fourth-order valence-electron chi connectivity index (χ4n) is 2.92. The first-order chi connectivity index (χ1) is 15.5. The van der Waals surface area contributed by atoms with Crippen LogP contribution < -0.4 is 11.0 Å². The summed E-state index contributed by atoms with van der Waals surface area (Å²) in [7, 11) is 0. The number of halogens is 2. The number of hydrazone groups is 1. The Kier molecular flexibility index (Phi) is 7.04. The van der Waals surface area contributed by atoms with Gasteiger partial charge in [0.05, 0.1) is 28.6 Å². The van der Waals surface area contributed by atoms with Crippen LogP contribution in [0.3, 0.4) is 0 Å². The van der Waals surface area contributed by atoms with E-state index in [0.717, 1.165) is 21.8 Å². The number of fused-ring (bicyclic) bond motifs is 1. The topological polar surface area (TPSA) is 76.3 Å². The molecule has 0 saturated carbocycles. The van der Waals surface area contributed by atoms with Crippen molar-refractivity contribution < 1.29 is 4.79 Å². The molecule has 0 spiro atoms. The first-order valence-corrected chi connectivity index (χ1v) is 11.6. The van der Waals surface area contributed by atoms with Gasteiger partial charge < -0.3 is 0 Å². The van der Waals surface area contributed by atoms with Crippen LogP contribution in [0.5, 0.6) is 0 Å². The standard InChI is InChI=1S/C23H16BrClN4O2S/c24-16-7-5-15(6-8-16)13-26-28-21(30)14-32-23-27-20-4-2-1-3-19(20)22(31)29(23)18-11-9-17(25)10-12-18/h1-13H,14H2,(H,28,30). The lowest BCUT2D eigenvalue weighted by atomic mass is 10.2. The van der Waals surface area contributed by atoms with Gasteiger partial charge in [-0.15, -0.1) is 0 Å². The Morgan fingerprint density at radius 2 is 1.81 bits per heavy atom. The molecule has 0 radical (unpaired) electrons. The molecule has 0 saturated heterocycles. The minimum atomic E-state index is -0.312. The lowest BCUT2D eigenvalue weighted by Gasteiger charge is -2.13. The Morgan fingerprint density at radius 3 is 2.56 bits per heavy atom. The number of hydrogen-bond donors (Lipinski definition) is 1. The van der Waals surface area contributed by atoms with Gasteiger partial charge in [-0.3, -0.25) is 14.2 Å². The smallest absolute Gasteiger partial charge is 0.266 e. The van der Waals surface area contributed by atoms with Crippen LogP contribution in [-0.2, 0) is 4.79 Å². The van der Waals surface area contributed by atoms with Gasteiger partial charge in [-0.05, 0) is 54.1 Å². The highest BCUT2D eigenvalue weighted by molar-refractivity contribution is 9.10. The molecule has 1 heterocycles. The third-order valence-electron chi connectivity index (χ3n) is 4.43. The van der Waals surface area contributed by atoms with E-state index in [0.29, 0.717) is 26.8 Å². The van der Waals surface area contributed by atoms with Gasteiger partial charge in [-0.1, -0.05) is 63.6 Å². The fraction of sp³-hybridized carbons (Fsp3) is 0.0435. The zero-order valence-corrected chi connectivity index (χ0v) is 19.7. The van der Waals surface area contributed by atoms with Gasteiger partial charge in [0.25, 0.3) is 11.5 Å². The number of benzene rings is 3. The molecule has 1 aromatic heterocycles. The van der Waals surface area contributed by atoms with Crippen molar-refractivity contribution in [1.82, 2.24) is 15.0 Å². The van der Waals surface area contributed by atoms with Crippen molar-refractivity contribution in [2.45, 2.75) is 5.16 Å². The Labute approximate surface area is 201 Å². The zero-order chi connectivity index (χ0) is 22.5. The molecule has 6 nitrogen and oxygen atoms in total. The minimum absolute atomic E-state index is 0.0377. The summed E-state index contributed by atoms with van der Waals surface area (Å²) in [5.41, 5.74) is 4.33. The largest absolute Gasteiger partial charge is 0.272 e. The Bertz CT molecular complexity index is 1360. The second kappa shape index (κ2) is 10.1. The van der Waals surface area contributed by atoms with Crippen LogP contribution in [0.25, 0.3) is 16.6 Å². The van der Waals surface area contributed by atoms with Crippen molar-refractivity contribution in [3.05, 3.63) is 98.2 Å². The molecule has 0 fully saturated rings. The normalized spacial score (nSPS) is 11.2. The predicted octanol–water partition coefficient (Wildman–Crippen LogP) is 5.04. The van der Waals surface area contributed by atoms with Gasteiger partial charge in [0.1, 0.15) is 0 Å². The number of hydrogen-bond acceptors (Lipinski definition) is 5. The molecule has 9 heteroatoms. The van der Waals surface area contributed by atoms with Gasteiger partial charge in [0.2, 0.25) is 0 Å². The SMILES string of the molecule is O=C(CSc1nc2ccccc2c(=O)n1-c1ccc(Cl)cc1)NN=Cc1ccc(Br)cc1. The number of carbonyl (C=O) groups excluding carboxylic acids is 1. The van der Waals surface area contributed by atoms with Gasteiger partial charge in [0, 0.05) is 9.50 Å². The third kappa shape index (κ3) is 5.27. The molecule has 4 aromatic rings. The van der Waals surface area contributed by atoms with E-state index in [1.165, 1.54) is 4.57 Å². The molecule has 1 N–H and O–H groups in total. The van der Waals surface area contributed by atoms with Crippen molar-refractivity contribution >= 4 is 62.3 Å². The van der Waals surface area contributed by atoms with Crippen molar-refractivity contribution in [3.8, 4) is 5.69 Å². The van der Waals surface area contributed by atoms with Crippen LogP contribution >= 0.6 is 39.3 Å². The van der Waals surface area contributed by atoms with E-state index in [4.69, 9.17) is 11.6 Å². The maximum absolute atomic E-state index is 13.2. The summed E-state index contributed by atoms with van der Waals surface area (Å²) in [6.07, 6.45) is 1.56. The summed E-state index contributed by atoms with van der Waals surface area (Å²) >= 11 is 10.5. The van der Waals surface area contributed by atoms with E-state index < -0.39 is 0 Å². The number of carbonyl (C=O) groups is 1. The maximum atomic E-state index is 13.2. The van der Waals surface area contributed by atoms with Gasteiger partial charge in [-0.25, -0.2) is 10.4 Å². The van der Waals surface area contributed by atoms with Crippen LogP contribution in [0.1, 0.15) is 5.56 Å². The lowest BCUT2D eigenvalue weighted by molar-refractivity contribution is -0.118. The van der Waals surface area contributed by atoms with E-state index in [1.807, 2.05) is 30.3 Å². The predicted molar refractivity (Wildman–Crippen MR) is 133 cm³/mol. The molecule has 1 amide bonds. The molecule has 0 aliphatic rings. The van der Waals surface area contributed by atoms with Crippen LogP contribution in [-0.4, -0.2) is 27.4 Å². The van der Waals surface area contributed by atoms with E-state index in [1.54, 1.807) is 48.7 Å². The molecule has 32 heavy (non-hydrogen) atoms. The molecule has 4 rings (SSSR count). The highest BCUT2D eigenvalue weighted by Gasteiger charge is 2.14. The number of nitrogens with one attached hydrogen (secondary N) is 1. The number of aromatic nitrogens is 2. The fourth-order valence-corrected chi connectivity index (χ4v) is 4.11. The minimum Gasteiger partial charge on any atom is -0.272 e. The molecule has 3 aromatic carbocycles. The second-order valence-electron chi connectivity index (χ2n) is 6.66. The third-order valence-corrected chi connectivity index (χ3v) is 6.15. The van der Waals surface area contributed by atoms with Gasteiger partial charge in [0.15, 0.2) is 5.16 Å². The van der Waals surface area contributed by atoms with E-state index in [2.05, 4.69) is 31.4 Å². The zero-order valence-electron chi connectivity index (χ0n) is 16.5. The maximum Gasteiger partial charge on any atom is 0.266 e. The number of amides is 1. The molecular weight excluding hydrogens is 512 g/mol. The highest BCUT2D eigenvalue weighted by atomic mass is 79.9. The molecule has 0 bridgehead atoms. The first kappa shape index (κ1) is 22.3.